The summed E-state index contributed by atoms with van der Waals surface area (Å²) in [5.41, 5.74) is -0.818. The Hall–Kier alpha value is -0.650. The van der Waals surface area contributed by atoms with Crippen LogP contribution in [0.15, 0.2) is 0 Å². The minimum atomic E-state index is -0.818. The lowest BCUT2D eigenvalue weighted by molar-refractivity contribution is -0.145. The van der Waals surface area contributed by atoms with E-state index in [4.69, 9.17) is 0 Å². The molecule has 0 aromatic carbocycles. The topological polar surface area (TPSA) is 55.8 Å². The van der Waals surface area contributed by atoms with Gasteiger partial charge in [0.1, 0.15) is 5.54 Å². The predicted molar refractivity (Wildman–Crippen MR) is 80.0 cm³/mol. The van der Waals surface area contributed by atoms with Crippen molar-refractivity contribution in [2.45, 2.75) is 57.7 Å². The number of hydrogen-bond acceptors (Lipinski definition) is 4. The molecule has 1 heterocycles. The first kappa shape index (κ1) is 15.7. The fourth-order valence-corrected chi connectivity index (χ4v) is 3.05. The third kappa shape index (κ3) is 4.17. The van der Waals surface area contributed by atoms with Gasteiger partial charge in [0.15, 0.2) is 0 Å². The van der Waals surface area contributed by atoms with Gasteiger partial charge in [-0.1, -0.05) is 0 Å². The fraction of sp³-hybridized carbons (Fsp3) is 0.933. The van der Waals surface area contributed by atoms with E-state index in [1.54, 1.807) is 6.92 Å². The number of carboxylic acid groups (broad SMARTS) is 1. The SMILES string of the molecule is CC(C)NC(C)(CCN1CCN(C2CC2)CC1)C(=O)O. The quantitative estimate of drug-likeness (QED) is 0.730. The van der Waals surface area contributed by atoms with Crippen molar-refractivity contribution in [2.75, 3.05) is 32.7 Å². The minimum Gasteiger partial charge on any atom is -0.480 e. The van der Waals surface area contributed by atoms with E-state index in [0.717, 1.165) is 38.8 Å². The molecule has 2 aliphatic rings. The fourth-order valence-electron chi connectivity index (χ4n) is 3.05. The van der Waals surface area contributed by atoms with Gasteiger partial charge in [0, 0.05) is 44.8 Å². The van der Waals surface area contributed by atoms with Crippen molar-refractivity contribution in [2.24, 2.45) is 0 Å². The van der Waals surface area contributed by atoms with Crippen LogP contribution in [0.4, 0.5) is 0 Å². The molecule has 1 aliphatic heterocycles. The van der Waals surface area contributed by atoms with Crippen molar-refractivity contribution in [3.63, 3.8) is 0 Å². The number of nitrogens with zero attached hydrogens (tertiary/aromatic N) is 2. The summed E-state index contributed by atoms with van der Waals surface area (Å²) in [6, 6.07) is 1.03. The largest absolute Gasteiger partial charge is 0.480 e. The molecule has 1 aliphatic carbocycles. The van der Waals surface area contributed by atoms with Crippen LogP contribution in [0, 0.1) is 0 Å². The summed E-state index contributed by atoms with van der Waals surface area (Å²) >= 11 is 0. The zero-order valence-electron chi connectivity index (χ0n) is 13.1. The van der Waals surface area contributed by atoms with E-state index in [1.165, 1.54) is 12.8 Å². The van der Waals surface area contributed by atoms with E-state index in [-0.39, 0.29) is 6.04 Å². The number of piperazine rings is 1. The average molecular weight is 283 g/mol. The van der Waals surface area contributed by atoms with Crippen molar-refractivity contribution >= 4 is 5.97 Å². The third-order valence-corrected chi connectivity index (χ3v) is 4.48. The van der Waals surface area contributed by atoms with Gasteiger partial charge >= 0.3 is 5.97 Å². The summed E-state index contributed by atoms with van der Waals surface area (Å²) in [5.74, 6) is -0.747. The summed E-state index contributed by atoms with van der Waals surface area (Å²) in [5, 5.41) is 12.6. The highest BCUT2D eigenvalue weighted by Gasteiger charge is 2.35. The lowest BCUT2D eigenvalue weighted by atomic mass is 9.96. The summed E-state index contributed by atoms with van der Waals surface area (Å²) in [7, 11) is 0. The predicted octanol–water partition coefficient (Wildman–Crippen LogP) is 0.998. The summed E-state index contributed by atoms with van der Waals surface area (Å²) in [6.45, 7) is 11.1. The summed E-state index contributed by atoms with van der Waals surface area (Å²) < 4.78 is 0. The maximum atomic E-state index is 11.5. The van der Waals surface area contributed by atoms with Crippen molar-refractivity contribution in [3.05, 3.63) is 0 Å². The number of hydrogen-bond donors (Lipinski definition) is 2. The van der Waals surface area contributed by atoms with E-state index in [9.17, 15) is 9.90 Å². The van der Waals surface area contributed by atoms with Crippen molar-refractivity contribution in [1.82, 2.24) is 15.1 Å². The maximum Gasteiger partial charge on any atom is 0.323 e. The lowest BCUT2D eigenvalue weighted by Crippen LogP contribution is -2.55. The molecule has 0 spiro atoms. The standard InChI is InChI=1S/C15H29N3O2/c1-12(2)16-15(3,14(19)20)6-7-17-8-10-18(11-9-17)13-4-5-13/h12-13,16H,4-11H2,1-3H3,(H,19,20). The lowest BCUT2D eigenvalue weighted by Gasteiger charge is -2.37. The van der Waals surface area contributed by atoms with Gasteiger partial charge in [0.25, 0.3) is 0 Å². The molecule has 5 heteroatoms. The maximum absolute atomic E-state index is 11.5. The van der Waals surface area contributed by atoms with Crippen molar-refractivity contribution in [3.8, 4) is 0 Å². The van der Waals surface area contributed by atoms with Crippen LogP contribution in [0.2, 0.25) is 0 Å². The smallest absolute Gasteiger partial charge is 0.323 e. The highest BCUT2D eigenvalue weighted by molar-refractivity contribution is 5.78. The molecule has 2 N–H and O–H groups in total. The van der Waals surface area contributed by atoms with Gasteiger partial charge in [-0.05, 0) is 40.0 Å². The molecular formula is C15H29N3O2. The first-order valence-electron chi connectivity index (χ1n) is 7.88. The molecule has 5 nitrogen and oxygen atoms in total. The van der Waals surface area contributed by atoms with Gasteiger partial charge in [0.2, 0.25) is 0 Å². The molecule has 1 saturated heterocycles. The van der Waals surface area contributed by atoms with Crippen LogP contribution >= 0.6 is 0 Å². The van der Waals surface area contributed by atoms with Crippen molar-refractivity contribution < 1.29 is 9.90 Å². The van der Waals surface area contributed by atoms with E-state index in [1.807, 2.05) is 13.8 Å². The monoisotopic (exact) mass is 283 g/mol. The van der Waals surface area contributed by atoms with Crippen LogP contribution in [0.3, 0.4) is 0 Å². The van der Waals surface area contributed by atoms with Crippen LogP contribution in [0.5, 0.6) is 0 Å². The van der Waals surface area contributed by atoms with Crippen LogP contribution in [0.1, 0.15) is 40.0 Å². The number of nitrogens with one attached hydrogen (secondary N) is 1. The Kier molecular flexibility index (Phi) is 5.04. The van der Waals surface area contributed by atoms with E-state index in [2.05, 4.69) is 15.1 Å². The summed E-state index contributed by atoms with van der Waals surface area (Å²) in [6.07, 6.45) is 3.40. The molecule has 1 unspecified atom stereocenters. The number of carbonyl (C=O) groups is 1. The van der Waals surface area contributed by atoms with E-state index in [0.29, 0.717) is 6.42 Å². The van der Waals surface area contributed by atoms with Crippen LogP contribution in [-0.2, 0) is 4.79 Å². The van der Waals surface area contributed by atoms with Gasteiger partial charge in [-0.2, -0.15) is 0 Å². The first-order chi connectivity index (χ1) is 9.40. The molecule has 0 bridgehead atoms. The Balaban J connectivity index is 1.76. The second-order valence-corrected chi connectivity index (χ2v) is 6.80. The molecule has 20 heavy (non-hydrogen) atoms. The number of carboxylic acids is 1. The Morgan fingerprint density at radius 3 is 2.35 bits per heavy atom. The number of aliphatic carboxylic acids is 1. The molecule has 0 aromatic rings. The second kappa shape index (κ2) is 6.41. The Labute approximate surface area is 122 Å². The van der Waals surface area contributed by atoms with Crippen LogP contribution in [-0.4, -0.2) is 71.2 Å². The second-order valence-electron chi connectivity index (χ2n) is 6.80. The molecule has 1 atom stereocenters. The minimum absolute atomic E-state index is 0.183. The first-order valence-corrected chi connectivity index (χ1v) is 7.88. The highest BCUT2D eigenvalue weighted by atomic mass is 16.4. The van der Waals surface area contributed by atoms with Gasteiger partial charge in [-0.25, -0.2) is 0 Å². The summed E-state index contributed by atoms with van der Waals surface area (Å²) in [4.78, 5) is 16.5. The molecule has 2 rings (SSSR count). The molecule has 0 amide bonds. The number of rotatable bonds is 7. The highest BCUT2D eigenvalue weighted by Crippen LogP contribution is 2.27. The normalized spacial score (nSPS) is 24.8. The Morgan fingerprint density at radius 2 is 1.90 bits per heavy atom. The molecular weight excluding hydrogens is 254 g/mol. The van der Waals surface area contributed by atoms with Gasteiger partial charge < -0.3 is 10.0 Å². The van der Waals surface area contributed by atoms with E-state index >= 15 is 0 Å². The Morgan fingerprint density at radius 1 is 1.30 bits per heavy atom. The van der Waals surface area contributed by atoms with E-state index < -0.39 is 11.5 Å². The average Bonchev–Trinajstić information content (AvgIpc) is 3.20. The molecule has 2 fully saturated rings. The van der Waals surface area contributed by atoms with Crippen LogP contribution < -0.4 is 5.32 Å². The van der Waals surface area contributed by atoms with Gasteiger partial charge in [0.05, 0.1) is 0 Å². The zero-order valence-corrected chi connectivity index (χ0v) is 13.1. The molecule has 116 valence electrons. The third-order valence-electron chi connectivity index (χ3n) is 4.48. The Bertz CT molecular complexity index is 336. The van der Waals surface area contributed by atoms with Crippen LogP contribution in [0.25, 0.3) is 0 Å². The van der Waals surface area contributed by atoms with Crippen molar-refractivity contribution in [1.29, 1.82) is 0 Å². The zero-order chi connectivity index (χ0) is 14.8. The van der Waals surface area contributed by atoms with Gasteiger partial charge in [-0.15, -0.1) is 0 Å². The molecule has 0 aromatic heterocycles. The van der Waals surface area contributed by atoms with Gasteiger partial charge in [-0.3, -0.25) is 15.0 Å². The molecule has 1 saturated carbocycles. The molecule has 0 radical (unpaired) electrons.